The lowest BCUT2D eigenvalue weighted by atomic mass is 10.0. The Morgan fingerprint density at radius 1 is 1.46 bits per heavy atom. The molecule has 0 aliphatic rings. The molecule has 1 nitrogen and oxygen atoms in total. The van der Waals surface area contributed by atoms with Crippen molar-refractivity contribution in [1.29, 1.82) is 0 Å². The first kappa shape index (κ1) is 10.2. The van der Waals surface area contributed by atoms with Crippen LogP contribution in [0.5, 0.6) is 0 Å². The second kappa shape index (κ2) is 3.88. The standard InChI is InChI=1S/C11H11BrO/c1-7-4-5-10(9(3)13)6-11(7)8(2)12/h4-6H,2H2,1,3H3. The third-order valence-electron chi connectivity index (χ3n) is 1.94. The first-order chi connectivity index (χ1) is 6.02. The van der Waals surface area contributed by atoms with Crippen LogP contribution in [0.4, 0.5) is 0 Å². The Kier molecular flexibility index (Phi) is 3.04. The molecule has 68 valence electrons. The summed E-state index contributed by atoms with van der Waals surface area (Å²) in [4.78, 5) is 11.1. The van der Waals surface area contributed by atoms with Crippen LogP contribution in [-0.2, 0) is 0 Å². The van der Waals surface area contributed by atoms with Crippen LogP contribution >= 0.6 is 15.9 Å². The molecule has 0 aromatic heterocycles. The summed E-state index contributed by atoms with van der Waals surface area (Å²) < 4.78 is 0.813. The van der Waals surface area contributed by atoms with Gasteiger partial charge in [-0.1, -0.05) is 34.6 Å². The lowest BCUT2D eigenvalue weighted by Gasteiger charge is -2.05. The monoisotopic (exact) mass is 238 g/mol. The molecule has 0 radical (unpaired) electrons. The van der Waals surface area contributed by atoms with E-state index in [1.54, 1.807) is 6.92 Å². The van der Waals surface area contributed by atoms with E-state index in [0.29, 0.717) is 0 Å². The number of hydrogen-bond acceptors (Lipinski definition) is 1. The topological polar surface area (TPSA) is 17.1 Å². The van der Waals surface area contributed by atoms with Gasteiger partial charge in [-0.15, -0.1) is 0 Å². The number of Topliss-reactive ketones (excluding diaryl/α,β-unsaturated/α-hetero) is 1. The molecule has 13 heavy (non-hydrogen) atoms. The van der Waals surface area contributed by atoms with Gasteiger partial charge in [-0.2, -0.15) is 0 Å². The zero-order chi connectivity index (χ0) is 10.0. The Balaban J connectivity index is 3.27. The second-order valence-corrected chi connectivity index (χ2v) is 3.95. The third-order valence-corrected chi connectivity index (χ3v) is 2.36. The Labute approximate surface area is 86.6 Å². The Morgan fingerprint density at radius 3 is 2.54 bits per heavy atom. The number of carbonyl (C=O) groups excluding carboxylic acids is 1. The predicted octanol–water partition coefficient (Wildman–Crippen LogP) is 3.56. The summed E-state index contributed by atoms with van der Waals surface area (Å²) in [5, 5.41) is 0. The minimum Gasteiger partial charge on any atom is -0.295 e. The molecule has 0 aliphatic carbocycles. The lowest BCUT2D eigenvalue weighted by Crippen LogP contribution is -1.94. The van der Waals surface area contributed by atoms with Crippen LogP contribution in [-0.4, -0.2) is 5.78 Å². The van der Waals surface area contributed by atoms with Gasteiger partial charge in [0, 0.05) is 10.0 Å². The summed E-state index contributed by atoms with van der Waals surface area (Å²) >= 11 is 3.31. The largest absolute Gasteiger partial charge is 0.295 e. The van der Waals surface area contributed by atoms with Crippen molar-refractivity contribution < 1.29 is 4.79 Å². The minimum atomic E-state index is 0.0787. The molecule has 0 amide bonds. The smallest absolute Gasteiger partial charge is 0.159 e. The van der Waals surface area contributed by atoms with E-state index in [1.807, 2.05) is 25.1 Å². The number of carbonyl (C=O) groups is 1. The molecule has 1 aromatic rings. The van der Waals surface area contributed by atoms with Crippen LogP contribution in [0.3, 0.4) is 0 Å². The maximum Gasteiger partial charge on any atom is 0.159 e. The third kappa shape index (κ3) is 2.28. The van der Waals surface area contributed by atoms with E-state index in [2.05, 4.69) is 22.5 Å². The highest BCUT2D eigenvalue weighted by Gasteiger charge is 2.04. The van der Waals surface area contributed by atoms with Crippen molar-refractivity contribution in [1.82, 2.24) is 0 Å². The Bertz CT molecular complexity index is 366. The van der Waals surface area contributed by atoms with Gasteiger partial charge in [0.25, 0.3) is 0 Å². The van der Waals surface area contributed by atoms with Crippen LogP contribution in [0.25, 0.3) is 4.48 Å². The van der Waals surface area contributed by atoms with E-state index >= 15 is 0 Å². The number of ketones is 1. The molecule has 2 heteroatoms. The average Bonchev–Trinajstić information content (AvgIpc) is 2.04. The quantitative estimate of drug-likeness (QED) is 0.721. The van der Waals surface area contributed by atoms with Crippen LogP contribution in [0, 0.1) is 6.92 Å². The molecular weight excluding hydrogens is 228 g/mol. The first-order valence-corrected chi connectivity index (χ1v) is 4.78. The van der Waals surface area contributed by atoms with Crippen LogP contribution in [0.15, 0.2) is 24.8 Å². The molecule has 0 bridgehead atoms. The Hall–Kier alpha value is -0.890. The summed E-state index contributed by atoms with van der Waals surface area (Å²) in [6.45, 7) is 7.34. The molecule has 0 spiro atoms. The first-order valence-electron chi connectivity index (χ1n) is 3.98. The van der Waals surface area contributed by atoms with Crippen molar-refractivity contribution in [3.8, 4) is 0 Å². The fourth-order valence-electron chi connectivity index (χ4n) is 1.13. The van der Waals surface area contributed by atoms with Crippen molar-refractivity contribution in [2.75, 3.05) is 0 Å². The van der Waals surface area contributed by atoms with Crippen LogP contribution in [0.2, 0.25) is 0 Å². The van der Waals surface area contributed by atoms with Gasteiger partial charge < -0.3 is 0 Å². The molecule has 1 rings (SSSR count). The Morgan fingerprint density at radius 2 is 2.08 bits per heavy atom. The van der Waals surface area contributed by atoms with E-state index in [9.17, 15) is 4.79 Å². The highest BCUT2D eigenvalue weighted by Crippen LogP contribution is 2.23. The van der Waals surface area contributed by atoms with Gasteiger partial charge >= 0.3 is 0 Å². The molecule has 0 fully saturated rings. The summed E-state index contributed by atoms with van der Waals surface area (Å²) in [6.07, 6.45) is 0. The highest BCUT2D eigenvalue weighted by atomic mass is 79.9. The number of halogens is 1. The normalized spacial score (nSPS) is 9.77. The molecule has 1 aromatic carbocycles. The molecule has 0 N–H and O–H groups in total. The number of rotatable bonds is 2. The van der Waals surface area contributed by atoms with Crippen molar-refractivity contribution in [2.24, 2.45) is 0 Å². The van der Waals surface area contributed by atoms with Gasteiger partial charge in [0.2, 0.25) is 0 Å². The van der Waals surface area contributed by atoms with E-state index in [-0.39, 0.29) is 5.78 Å². The summed E-state index contributed by atoms with van der Waals surface area (Å²) in [5.41, 5.74) is 2.83. The highest BCUT2D eigenvalue weighted by molar-refractivity contribution is 9.15. The molecule has 0 saturated heterocycles. The van der Waals surface area contributed by atoms with Gasteiger partial charge in [-0.25, -0.2) is 0 Å². The maximum absolute atomic E-state index is 11.1. The number of aryl methyl sites for hydroxylation is 1. The van der Waals surface area contributed by atoms with Gasteiger partial charge in [-0.3, -0.25) is 4.79 Å². The average molecular weight is 239 g/mol. The number of hydrogen-bond donors (Lipinski definition) is 0. The molecule has 0 saturated carbocycles. The second-order valence-electron chi connectivity index (χ2n) is 2.99. The van der Waals surface area contributed by atoms with Crippen LogP contribution in [0.1, 0.15) is 28.4 Å². The predicted molar refractivity (Wildman–Crippen MR) is 59.1 cm³/mol. The van der Waals surface area contributed by atoms with E-state index in [0.717, 1.165) is 21.2 Å². The van der Waals surface area contributed by atoms with E-state index < -0.39 is 0 Å². The van der Waals surface area contributed by atoms with Gasteiger partial charge in [0.1, 0.15) is 0 Å². The number of benzene rings is 1. The maximum atomic E-state index is 11.1. The minimum absolute atomic E-state index is 0.0787. The van der Waals surface area contributed by atoms with Crippen molar-refractivity contribution >= 4 is 26.2 Å². The zero-order valence-electron chi connectivity index (χ0n) is 7.73. The van der Waals surface area contributed by atoms with Crippen molar-refractivity contribution in [3.05, 3.63) is 41.5 Å². The molecule has 0 atom stereocenters. The van der Waals surface area contributed by atoms with E-state index in [4.69, 9.17) is 0 Å². The van der Waals surface area contributed by atoms with Crippen molar-refractivity contribution in [3.63, 3.8) is 0 Å². The summed E-state index contributed by atoms with van der Waals surface area (Å²) in [6, 6.07) is 5.62. The van der Waals surface area contributed by atoms with Crippen LogP contribution < -0.4 is 0 Å². The van der Waals surface area contributed by atoms with Gasteiger partial charge in [0.15, 0.2) is 5.78 Å². The molecule has 0 unspecified atom stereocenters. The molecular formula is C11H11BrO. The molecule has 0 heterocycles. The van der Waals surface area contributed by atoms with Gasteiger partial charge in [0.05, 0.1) is 0 Å². The molecule has 0 aliphatic heterocycles. The summed E-state index contributed by atoms with van der Waals surface area (Å²) in [7, 11) is 0. The zero-order valence-corrected chi connectivity index (χ0v) is 9.31. The fourth-order valence-corrected chi connectivity index (χ4v) is 1.56. The van der Waals surface area contributed by atoms with Gasteiger partial charge in [-0.05, 0) is 31.0 Å². The van der Waals surface area contributed by atoms with E-state index in [1.165, 1.54) is 0 Å². The SMILES string of the molecule is C=C(Br)c1cc(C(C)=O)ccc1C. The summed E-state index contributed by atoms with van der Waals surface area (Å²) in [5.74, 6) is 0.0787. The fraction of sp³-hybridized carbons (Fsp3) is 0.182. The lowest BCUT2D eigenvalue weighted by molar-refractivity contribution is 0.101. The van der Waals surface area contributed by atoms with Crippen molar-refractivity contribution in [2.45, 2.75) is 13.8 Å².